The number of amides is 1. The van der Waals surface area contributed by atoms with Gasteiger partial charge in [0.25, 0.3) is 0 Å². The number of hydrogen-bond acceptors (Lipinski definition) is 7. The third-order valence-corrected chi connectivity index (χ3v) is 9.21. The number of hydrogen-bond donors (Lipinski definition) is 0. The number of carbonyl (C=O) groups excluding carboxylic acids is 1. The van der Waals surface area contributed by atoms with Crippen LogP contribution in [-0.4, -0.2) is 58.5 Å². The monoisotopic (exact) mass is 461 g/mol. The van der Waals surface area contributed by atoms with Crippen molar-refractivity contribution in [1.29, 1.82) is 0 Å². The van der Waals surface area contributed by atoms with E-state index in [1.54, 1.807) is 16.2 Å². The first-order valence-electron chi connectivity index (χ1n) is 9.85. The number of sulfone groups is 1. The van der Waals surface area contributed by atoms with Crippen molar-refractivity contribution >= 4 is 49.1 Å². The summed E-state index contributed by atoms with van der Waals surface area (Å²) in [5.74, 6) is 0.175. The molecule has 1 aliphatic heterocycles. The van der Waals surface area contributed by atoms with Gasteiger partial charge in [-0.1, -0.05) is 42.1 Å². The molecule has 3 aromatic rings. The zero-order chi connectivity index (χ0) is 21.3. The molecule has 1 aromatic carbocycles. The molecule has 9 heteroatoms. The van der Waals surface area contributed by atoms with Gasteiger partial charge >= 0.3 is 0 Å². The van der Waals surface area contributed by atoms with Crippen LogP contribution in [0.2, 0.25) is 0 Å². The van der Waals surface area contributed by atoms with E-state index in [0.29, 0.717) is 13.0 Å². The van der Waals surface area contributed by atoms with Crippen LogP contribution in [0.3, 0.4) is 0 Å². The number of aromatic nitrogens is 2. The molecule has 4 rings (SSSR count). The molecule has 0 aliphatic carbocycles. The predicted octanol–water partition coefficient (Wildman–Crippen LogP) is 3.87. The lowest BCUT2D eigenvalue weighted by Gasteiger charge is -2.29. The Morgan fingerprint density at radius 1 is 1.30 bits per heavy atom. The van der Waals surface area contributed by atoms with Crippen LogP contribution in [0.1, 0.15) is 20.3 Å². The molecule has 0 radical (unpaired) electrons. The first-order valence-corrected chi connectivity index (χ1v) is 13.4. The lowest BCUT2D eigenvalue weighted by atomic mass is 10.2. The Hall–Kier alpha value is -1.97. The Kier molecular flexibility index (Phi) is 6.13. The van der Waals surface area contributed by atoms with Crippen LogP contribution in [-0.2, 0) is 14.6 Å². The van der Waals surface area contributed by atoms with E-state index in [0.717, 1.165) is 25.7 Å². The molecule has 2 aromatic heterocycles. The summed E-state index contributed by atoms with van der Waals surface area (Å²) < 4.78 is 23.7. The van der Waals surface area contributed by atoms with Gasteiger partial charge in [-0.25, -0.2) is 18.4 Å². The topological polar surface area (TPSA) is 80.2 Å². The molecule has 6 nitrogen and oxygen atoms in total. The second kappa shape index (κ2) is 8.64. The number of thiophene rings is 1. The fourth-order valence-corrected chi connectivity index (χ4v) is 7.50. The summed E-state index contributed by atoms with van der Waals surface area (Å²) in [6.45, 7) is 4.26. The van der Waals surface area contributed by atoms with Crippen LogP contribution in [0.5, 0.6) is 0 Å². The van der Waals surface area contributed by atoms with E-state index < -0.39 is 9.84 Å². The SMILES string of the molecule is CCN(C(=O)C(C)Sc1ncnc2sc(-c3ccccc3)cc12)C1CCS(=O)(=O)C1. The second-order valence-electron chi connectivity index (χ2n) is 7.32. The van der Waals surface area contributed by atoms with E-state index in [9.17, 15) is 13.2 Å². The van der Waals surface area contributed by atoms with Gasteiger partial charge in [-0.3, -0.25) is 4.79 Å². The summed E-state index contributed by atoms with van der Waals surface area (Å²) in [6, 6.07) is 12.0. The van der Waals surface area contributed by atoms with Crippen molar-refractivity contribution in [2.75, 3.05) is 18.1 Å². The van der Waals surface area contributed by atoms with Gasteiger partial charge < -0.3 is 4.90 Å². The highest BCUT2D eigenvalue weighted by Crippen LogP contribution is 2.37. The lowest BCUT2D eigenvalue weighted by molar-refractivity contribution is -0.131. The third kappa shape index (κ3) is 4.38. The maximum Gasteiger partial charge on any atom is 0.236 e. The molecule has 0 bridgehead atoms. The molecule has 2 unspecified atom stereocenters. The fraction of sp³-hybridized carbons (Fsp3) is 0.381. The van der Waals surface area contributed by atoms with Crippen molar-refractivity contribution in [3.05, 3.63) is 42.7 Å². The number of rotatable bonds is 6. The number of fused-ring (bicyclic) bond motifs is 1. The number of carbonyl (C=O) groups is 1. The van der Waals surface area contributed by atoms with Gasteiger partial charge in [-0.05, 0) is 31.9 Å². The fourth-order valence-electron chi connectivity index (χ4n) is 3.74. The van der Waals surface area contributed by atoms with Gasteiger partial charge in [0.05, 0.1) is 16.8 Å². The highest BCUT2D eigenvalue weighted by Gasteiger charge is 2.35. The molecule has 3 heterocycles. The second-order valence-corrected chi connectivity index (χ2v) is 11.9. The number of benzene rings is 1. The first-order chi connectivity index (χ1) is 14.4. The van der Waals surface area contributed by atoms with Crippen LogP contribution in [0.15, 0.2) is 47.8 Å². The summed E-state index contributed by atoms with van der Waals surface area (Å²) in [5, 5.41) is 1.35. The standard InChI is InChI=1S/C21H23N3O3S3/c1-3-24(16-9-10-30(26,27)12-16)21(25)14(2)28-19-17-11-18(15-7-5-4-6-8-15)29-20(17)23-13-22-19/h4-8,11,13-14,16H,3,9-10,12H2,1-2H3. The summed E-state index contributed by atoms with van der Waals surface area (Å²) in [5.41, 5.74) is 1.13. The van der Waals surface area contributed by atoms with E-state index >= 15 is 0 Å². The molecule has 1 amide bonds. The van der Waals surface area contributed by atoms with Crippen molar-refractivity contribution < 1.29 is 13.2 Å². The van der Waals surface area contributed by atoms with Crippen molar-refractivity contribution in [1.82, 2.24) is 14.9 Å². The van der Waals surface area contributed by atoms with Gasteiger partial charge in [0.2, 0.25) is 5.91 Å². The zero-order valence-corrected chi connectivity index (χ0v) is 19.3. The number of thioether (sulfide) groups is 1. The first kappa shape index (κ1) is 21.3. The van der Waals surface area contributed by atoms with Crippen molar-refractivity contribution in [2.45, 2.75) is 36.6 Å². The average Bonchev–Trinajstić information content (AvgIpc) is 3.33. The molecular formula is C21H23N3O3S3. The summed E-state index contributed by atoms with van der Waals surface area (Å²) in [4.78, 5) is 25.7. The van der Waals surface area contributed by atoms with Crippen molar-refractivity contribution in [3.63, 3.8) is 0 Å². The van der Waals surface area contributed by atoms with Gasteiger partial charge in [-0.15, -0.1) is 11.3 Å². The number of nitrogens with zero attached hydrogens (tertiary/aromatic N) is 3. The van der Waals surface area contributed by atoms with Crippen LogP contribution in [0.4, 0.5) is 0 Å². The van der Waals surface area contributed by atoms with E-state index in [1.807, 2.05) is 32.0 Å². The molecule has 158 valence electrons. The summed E-state index contributed by atoms with van der Waals surface area (Å²) in [6.07, 6.45) is 2.05. The largest absolute Gasteiger partial charge is 0.338 e. The highest BCUT2D eigenvalue weighted by atomic mass is 32.2. The van der Waals surface area contributed by atoms with Crippen molar-refractivity contribution in [2.24, 2.45) is 0 Å². The Bertz CT molecular complexity index is 1160. The Morgan fingerprint density at radius 2 is 2.07 bits per heavy atom. The maximum absolute atomic E-state index is 13.1. The van der Waals surface area contributed by atoms with Crippen LogP contribution in [0.25, 0.3) is 20.7 Å². The van der Waals surface area contributed by atoms with Gasteiger partial charge in [-0.2, -0.15) is 0 Å². The third-order valence-electron chi connectivity index (χ3n) is 5.26. The molecule has 0 saturated carbocycles. The predicted molar refractivity (Wildman–Crippen MR) is 123 cm³/mol. The normalized spacial score (nSPS) is 19.1. The zero-order valence-electron chi connectivity index (χ0n) is 16.8. The molecule has 30 heavy (non-hydrogen) atoms. The molecule has 1 fully saturated rings. The van der Waals surface area contributed by atoms with Gasteiger partial charge in [0.1, 0.15) is 16.2 Å². The average molecular weight is 462 g/mol. The van der Waals surface area contributed by atoms with E-state index in [4.69, 9.17) is 0 Å². The van der Waals surface area contributed by atoms with Crippen LogP contribution in [0, 0.1) is 0 Å². The highest BCUT2D eigenvalue weighted by molar-refractivity contribution is 8.00. The Balaban J connectivity index is 1.56. The molecule has 0 N–H and O–H groups in total. The van der Waals surface area contributed by atoms with E-state index in [2.05, 4.69) is 28.2 Å². The minimum atomic E-state index is -3.04. The van der Waals surface area contributed by atoms with Crippen molar-refractivity contribution in [3.8, 4) is 10.4 Å². The van der Waals surface area contributed by atoms with Gasteiger partial charge in [0.15, 0.2) is 9.84 Å². The Labute approximate surface area is 184 Å². The van der Waals surface area contributed by atoms with Crippen LogP contribution >= 0.6 is 23.1 Å². The summed E-state index contributed by atoms with van der Waals surface area (Å²) in [7, 11) is -3.04. The molecule has 1 aliphatic rings. The molecular weight excluding hydrogens is 438 g/mol. The Morgan fingerprint density at radius 3 is 2.73 bits per heavy atom. The maximum atomic E-state index is 13.1. The molecule has 0 spiro atoms. The lowest BCUT2D eigenvalue weighted by Crippen LogP contribution is -2.44. The van der Waals surface area contributed by atoms with Gasteiger partial charge in [0, 0.05) is 22.8 Å². The minimum Gasteiger partial charge on any atom is -0.338 e. The van der Waals surface area contributed by atoms with Crippen LogP contribution < -0.4 is 0 Å². The van der Waals surface area contributed by atoms with E-state index in [1.165, 1.54) is 18.1 Å². The molecule has 1 saturated heterocycles. The van der Waals surface area contributed by atoms with E-state index in [-0.39, 0.29) is 28.7 Å². The smallest absolute Gasteiger partial charge is 0.236 e. The molecule has 2 atom stereocenters. The summed E-state index contributed by atoms with van der Waals surface area (Å²) >= 11 is 3.01. The minimum absolute atomic E-state index is 0.0464. The quantitative estimate of drug-likeness (QED) is 0.409.